The topological polar surface area (TPSA) is 63.2 Å². The molecule has 1 aliphatic heterocycles. The third-order valence-electron chi connectivity index (χ3n) is 7.48. The van der Waals surface area contributed by atoms with E-state index in [1.54, 1.807) is 0 Å². The van der Waals surface area contributed by atoms with Gasteiger partial charge in [0.05, 0.1) is 32.8 Å². The molecule has 0 spiro atoms. The third kappa shape index (κ3) is 7.12. The van der Waals surface area contributed by atoms with Crippen molar-refractivity contribution in [2.24, 2.45) is 0 Å². The molecule has 1 fully saturated rings. The molecule has 0 saturated heterocycles. The fourth-order valence-electron chi connectivity index (χ4n) is 5.12. The van der Waals surface area contributed by atoms with Crippen LogP contribution in [-0.4, -0.2) is 39.0 Å². The zero-order chi connectivity index (χ0) is 27.2. The summed E-state index contributed by atoms with van der Waals surface area (Å²) in [5.41, 5.74) is 6.90. The Morgan fingerprint density at radius 2 is 1.95 bits per heavy atom. The van der Waals surface area contributed by atoms with Gasteiger partial charge in [0, 0.05) is 17.5 Å². The van der Waals surface area contributed by atoms with Gasteiger partial charge in [0.2, 0.25) is 0 Å². The second-order valence-corrected chi connectivity index (χ2v) is 10.5. The van der Waals surface area contributed by atoms with Gasteiger partial charge >= 0.3 is 5.97 Å². The highest BCUT2D eigenvalue weighted by Crippen LogP contribution is 2.39. The van der Waals surface area contributed by atoms with E-state index in [4.69, 9.17) is 23.7 Å². The normalized spacial score (nSPS) is 22.2. The molecular formula is C33H38O6. The van der Waals surface area contributed by atoms with Crippen molar-refractivity contribution in [1.82, 2.24) is 0 Å². The molecule has 206 valence electrons. The minimum atomic E-state index is -0.228. The van der Waals surface area contributed by atoms with Crippen molar-refractivity contribution in [3.63, 3.8) is 0 Å². The number of hydrogen-bond donors (Lipinski definition) is 0. The van der Waals surface area contributed by atoms with E-state index in [0.717, 1.165) is 53.2 Å². The molecule has 0 amide bonds. The van der Waals surface area contributed by atoms with E-state index in [2.05, 4.69) is 43.8 Å². The predicted molar refractivity (Wildman–Crippen MR) is 151 cm³/mol. The van der Waals surface area contributed by atoms with Gasteiger partial charge in [-0.25, -0.2) is 0 Å². The molecule has 6 nitrogen and oxygen atoms in total. The number of fused-ring (bicyclic) bond motifs is 1. The number of carbonyl (C=O) groups excluding carboxylic acids is 1. The molecule has 0 N–H and O–H groups in total. The maximum absolute atomic E-state index is 11.7. The lowest BCUT2D eigenvalue weighted by atomic mass is 9.90. The Kier molecular flexibility index (Phi) is 8.72. The smallest absolute Gasteiger partial charge is 0.306 e. The van der Waals surface area contributed by atoms with Crippen LogP contribution >= 0.6 is 0 Å². The Balaban J connectivity index is 1.24. The van der Waals surface area contributed by atoms with Crippen LogP contribution in [0.2, 0.25) is 0 Å². The Labute approximate surface area is 231 Å². The Morgan fingerprint density at radius 1 is 1.08 bits per heavy atom. The second kappa shape index (κ2) is 12.6. The zero-order valence-electron chi connectivity index (χ0n) is 23.0. The van der Waals surface area contributed by atoms with Crippen molar-refractivity contribution >= 4 is 11.5 Å². The van der Waals surface area contributed by atoms with Crippen LogP contribution in [0.3, 0.4) is 0 Å². The first-order chi connectivity index (χ1) is 19.0. The van der Waals surface area contributed by atoms with Gasteiger partial charge in [-0.15, -0.1) is 0 Å². The largest absolute Gasteiger partial charge is 0.492 e. The molecule has 5 rings (SSSR count). The molecule has 39 heavy (non-hydrogen) atoms. The molecule has 1 atom stereocenters. The van der Waals surface area contributed by atoms with Gasteiger partial charge in [-0.1, -0.05) is 30.8 Å². The molecule has 0 radical (unpaired) electrons. The van der Waals surface area contributed by atoms with Gasteiger partial charge in [0.1, 0.15) is 30.5 Å². The molecular weight excluding hydrogens is 492 g/mol. The number of ether oxygens (including phenoxy) is 5. The molecule has 6 heteroatoms. The summed E-state index contributed by atoms with van der Waals surface area (Å²) in [6.07, 6.45) is 8.16. The van der Waals surface area contributed by atoms with Crippen molar-refractivity contribution in [3.05, 3.63) is 88.7 Å². The highest BCUT2D eigenvalue weighted by molar-refractivity contribution is 5.72. The van der Waals surface area contributed by atoms with Gasteiger partial charge in [-0.2, -0.15) is 0 Å². The lowest BCUT2D eigenvalue weighted by Gasteiger charge is -2.19. The van der Waals surface area contributed by atoms with E-state index >= 15 is 0 Å². The summed E-state index contributed by atoms with van der Waals surface area (Å²) < 4.78 is 28.6. The van der Waals surface area contributed by atoms with Crippen LogP contribution in [-0.2, 0) is 25.6 Å². The number of rotatable bonds is 11. The average molecular weight is 531 g/mol. The first-order valence-corrected chi connectivity index (χ1v) is 13.9. The minimum Gasteiger partial charge on any atom is -0.492 e. The highest BCUT2D eigenvalue weighted by Gasteiger charge is 2.27. The predicted octanol–water partition coefficient (Wildman–Crippen LogP) is 6.90. The van der Waals surface area contributed by atoms with E-state index in [9.17, 15) is 4.79 Å². The number of methoxy groups -OCH3 is 1. The fourth-order valence-corrected chi connectivity index (χ4v) is 5.12. The maximum atomic E-state index is 11.7. The third-order valence-corrected chi connectivity index (χ3v) is 7.48. The summed E-state index contributed by atoms with van der Waals surface area (Å²) >= 11 is 0. The van der Waals surface area contributed by atoms with E-state index in [1.165, 1.54) is 36.7 Å². The molecule has 2 aromatic rings. The number of benzene rings is 2. The standard InChI is InChI=1S/C33H38O6/c1-22-6-4-9-29(23(2)16-31(22)37-15-14-36-27-10-11-27)25-8-5-7-24(17-25)20-38-28-12-13-30-26(18-33(34)35-3)21-39-32(30)19-28/h5,7-8,12-13,16-17,19,26-27H,1,4,6,9-11,14-15,18,20-21H2,2-3H3/b29-23+,31-16+/t26-/m1/s1. The Bertz CT molecular complexity index is 1270. The molecule has 0 bridgehead atoms. The number of allylic oxidation sites excluding steroid dienone is 4. The van der Waals surface area contributed by atoms with Crippen molar-refractivity contribution < 1.29 is 28.5 Å². The summed E-state index contributed by atoms with van der Waals surface area (Å²) in [5.74, 6) is 2.18. The summed E-state index contributed by atoms with van der Waals surface area (Å²) in [4.78, 5) is 11.7. The SMILES string of the molecule is C=C1CCC/C(c2cccc(COc3ccc4c(c3)OC[C@H]4CC(=O)OC)c2)=C(C)\C=C/1OCCOC1CC1. The number of carbonyl (C=O) groups is 1. The van der Waals surface area contributed by atoms with Crippen LogP contribution < -0.4 is 9.47 Å². The maximum Gasteiger partial charge on any atom is 0.306 e. The first kappa shape index (κ1) is 27.1. The van der Waals surface area contributed by atoms with E-state index in [-0.39, 0.29) is 11.9 Å². The van der Waals surface area contributed by atoms with Crippen LogP contribution in [0.5, 0.6) is 11.5 Å². The van der Waals surface area contributed by atoms with Crippen LogP contribution in [0, 0.1) is 0 Å². The van der Waals surface area contributed by atoms with Crippen LogP contribution in [0.15, 0.2) is 72.0 Å². The van der Waals surface area contributed by atoms with Gasteiger partial charge in [0.25, 0.3) is 0 Å². The average Bonchev–Trinajstić information content (AvgIpc) is 3.69. The summed E-state index contributed by atoms with van der Waals surface area (Å²) in [6, 6.07) is 14.4. The van der Waals surface area contributed by atoms with E-state index in [1.807, 2.05) is 18.2 Å². The minimum absolute atomic E-state index is 0.0201. The number of esters is 1. The van der Waals surface area contributed by atoms with Gasteiger partial charge in [0.15, 0.2) is 0 Å². The van der Waals surface area contributed by atoms with Crippen LogP contribution in [0.4, 0.5) is 0 Å². The fraction of sp³-hybridized carbons (Fsp3) is 0.424. The van der Waals surface area contributed by atoms with Crippen molar-refractivity contribution in [3.8, 4) is 11.5 Å². The van der Waals surface area contributed by atoms with Crippen LogP contribution in [0.1, 0.15) is 68.1 Å². The van der Waals surface area contributed by atoms with Gasteiger partial charge in [-0.05, 0) is 85.1 Å². The first-order valence-electron chi connectivity index (χ1n) is 13.9. The van der Waals surface area contributed by atoms with Crippen molar-refractivity contribution in [2.45, 2.75) is 64.1 Å². The molecule has 2 aromatic carbocycles. The molecule has 2 aliphatic carbocycles. The van der Waals surface area contributed by atoms with Gasteiger partial charge < -0.3 is 23.7 Å². The Morgan fingerprint density at radius 3 is 2.77 bits per heavy atom. The monoisotopic (exact) mass is 530 g/mol. The highest BCUT2D eigenvalue weighted by atomic mass is 16.5. The lowest BCUT2D eigenvalue weighted by Crippen LogP contribution is -2.09. The molecule has 1 saturated carbocycles. The van der Waals surface area contributed by atoms with Crippen LogP contribution in [0.25, 0.3) is 5.57 Å². The van der Waals surface area contributed by atoms with Crippen molar-refractivity contribution in [2.75, 3.05) is 26.9 Å². The molecule has 1 heterocycles. The molecule has 3 aliphatic rings. The zero-order valence-corrected chi connectivity index (χ0v) is 23.0. The second-order valence-electron chi connectivity index (χ2n) is 10.5. The molecule has 0 unspecified atom stereocenters. The van der Waals surface area contributed by atoms with Crippen molar-refractivity contribution in [1.29, 1.82) is 0 Å². The van der Waals surface area contributed by atoms with E-state index < -0.39 is 0 Å². The quantitative estimate of drug-likeness (QED) is 0.233. The summed E-state index contributed by atoms with van der Waals surface area (Å²) in [5, 5.41) is 0. The summed E-state index contributed by atoms with van der Waals surface area (Å²) in [7, 11) is 1.41. The van der Waals surface area contributed by atoms with E-state index in [0.29, 0.717) is 39.0 Å². The number of hydrogen-bond acceptors (Lipinski definition) is 6. The lowest BCUT2D eigenvalue weighted by molar-refractivity contribution is -0.141. The summed E-state index contributed by atoms with van der Waals surface area (Å²) in [6.45, 7) is 8.52. The Hall–Kier alpha value is -3.51. The molecule has 0 aromatic heterocycles. The van der Waals surface area contributed by atoms with Gasteiger partial charge in [-0.3, -0.25) is 4.79 Å².